The summed E-state index contributed by atoms with van der Waals surface area (Å²) in [6.45, 7) is 1.59. The molecule has 0 aliphatic heterocycles. The second-order valence-electron chi connectivity index (χ2n) is 8.42. The van der Waals surface area contributed by atoms with E-state index in [4.69, 9.17) is 0 Å². The highest BCUT2D eigenvalue weighted by Gasteiger charge is 2.43. The minimum atomic E-state index is -1.39. The summed E-state index contributed by atoms with van der Waals surface area (Å²) in [5.41, 5.74) is -2.03. The second kappa shape index (κ2) is 8.68. The number of aromatic nitrogens is 2. The highest BCUT2D eigenvalue weighted by atomic mass is 19.1. The van der Waals surface area contributed by atoms with Gasteiger partial charge in [-0.3, -0.25) is 9.59 Å². The number of hydrogen-bond donors (Lipinski definition) is 2. The molecule has 1 aromatic heterocycles. The number of carbonyl (C=O) groups excluding carboxylic acids is 1. The van der Waals surface area contributed by atoms with Crippen molar-refractivity contribution in [1.82, 2.24) is 14.9 Å². The number of para-hydroxylation sites is 1. The molecule has 0 spiro atoms. The van der Waals surface area contributed by atoms with Crippen molar-refractivity contribution in [3.8, 4) is 0 Å². The standard InChI is InChI=1S/C24H25F2N3O3/c1-15(17-11-10-16(25)14-19(17)26)27-22(31)24(12-6-2-3-7-13-24)29-21(30)18-8-4-5-9-20(18)28-23(29)32/h4-5,8-11,14-15H,2-3,6-7,12-13H2,1H3,(H,27,31)(H,28,32)/t15-/m0/s1. The van der Waals surface area contributed by atoms with Gasteiger partial charge in [0, 0.05) is 11.6 Å². The van der Waals surface area contributed by atoms with E-state index in [0.29, 0.717) is 36.6 Å². The van der Waals surface area contributed by atoms with Gasteiger partial charge in [0.25, 0.3) is 5.56 Å². The van der Waals surface area contributed by atoms with Gasteiger partial charge >= 0.3 is 5.69 Å². The number of amides is 1. The van der Waals surface area contributed by atoms with E-state index in [1.807, 2.05) is 0 Å². The van der Waals surface area contributed by atoms with Crippen LogP contribution in [0.4, 0.5) is 8.78 Å². The number of rotatable bonds is 4. The number of carbonyl (C=O) groups is 1. The van der Waals surface area contributed by atoms with Crippen LogP contribution in [0, 0.1) is 11.6 Å². The van der Waals surface area contributed by atoms with Crippen LogP contribution in [-0.4, -0.2) is 15.5 Å². The number of aromatic amines is 1. The van der Waals surface area contributed by atoms with Crippen LogP contribution < -0.4 is 16.6 Å². The average Bonchev–Trinajstić information content (AvgIpc) is 3.00. The van der Waals surface area contributed by atoms with Crippen LogP contribution in [0.2, 0.25) is 0 Å². The van der Waals surface area contributed by atoms with Crippen LogP contribution in [0.25, 0.3) is 10.9 Å². The Morgan fingerprint density at radius 2 is 1.75 bits per heavy atom. The average molecular weight is 441 g/mol. The van der Waals surface area contributed by atoms with Crippen LogP contribution in [0.15, 0.2) is 52.1 Å². The van der Waals surface area contributed by atoms with Gasteiger partial charge in [0.15, 0.2) is 0 Å². The van der Waals surface area contributed by atoms with E-state index in [2.05, 4.69) is 10.3 Å². The monoisotopic (exact) mass is 441 g/mol. The van der Waals surface area contributed by atoms with Gasteiger partial charge in [-0.25, -0.2) is 18.1 Å². The minimum Gasteiger partial charge on any atom is -0.347 e. The van der Waals surface area contributed by atoms with Crippen molar-refractivity contribution in [2.24, 2.45) is 0 Å². The number of H-pyrrole nitrogens is 1. The zero-order chi connectivity index (χ0) is 22.9. The molecule has 2 N–H and O–H groups in total. The minimum absolute atomic E-state index is 0.128. The summed E-state index contributed by atoms with van der Waals surface area (Å²) >= 11 is 0. The summed E-state index contributed by atoms with van der Waals surface area (Å²) in [5, 5.41) is 3.10. The molecule has 2 aromatic carbocycles. The van der Waals surface area contributed by atoms with Gasteiger partial charge in [-0.1, -0.05) is 43.9 Å². The van der Waals surface area contributed by atoms with Crippen LogP contribution in [0.5, 0.6) is 0 Å². The molecular weight excluding hydrogens is 416 g/mol. The van der Waals surface area contributed by atoms with Gasteiger partial charge < -0.3 is 10.3 Å². The number of nitrogens with one attached hydrogen (secondary N) is 2. The number of nitrogens with zero attached hydrogens (tertiary/aromatic N) is 1. The zero-order valence-electron chi connectivity index (χ0n) is 17.8. The number of halogens is 2. The summed E-state index contributed by atoms with van der Waals surface area (Å²) in [5.74, 6) is -1.99. The molecule has 0 unspecified atom stereocenters. The highest BCUT2D eigenvalue weighted by molar-refractivity contribution is 5.85. The third kappa shape index (κ3) is 3.85. The van der Waals surface area contributed by atoms with Crippen LogP contribution >= 0.6 is 0 Å². The molecule has 3 aromatic rings. The second-order valence-corrected chi connectivity index (χ2v) is 8.42. The molecule has 1 heterocycles. The van der Waals surface area contributed by atoms with E-state index in [0.717, 1.165) is 29.5 Å². The Morgan fingerprint density at radius 1 is 1.06 bits per heavy atom. The Labute approximate surface area is 183 Å². The van der Waals surface area contributed by atoms with Crippen molar-refractivity contribution in [2.45, 2.75) is 57.0 Å². The zero-order valence-corrected chi connectivity index (χ0v) is 17.8. The molecule has 1 aliphatic rings. The van der Waals surface area contributed by atoms with E-state index >= 15 is 0 Å². The topological polar surface area (TPSA) is 84.0 Å². The van der Waals surface area contributed by atoms with E-state index < -0.39 is 40.4 Å². The first-order valence-electron chi connectivity index (χ1n) is 10.8. The SMILES string of the molecule is C[C@H](NC(=O)C1(n2c(=O)[nH]c3ccccc3c2=O)CCCCCC1)c1ccc(F)cc1F. The first-order chi connectivity index (χ1) is 15.3. The Balaban J connectivity index is 1.81. The highest BCUT2D eigenvalue weighted by Crippen LogP contribution is 2.33. The van der Waals surface area contributed by atoms with E-state index in [9.17, 15) is 23.2 Å². The number of hydrogen-bond acceptors (Lipinski definition) is 3. The molecule has 0 saturated heterocycles. The predicted molar refractivity (Wildman–Crippen MR) is 117 cm³/mol. The number of benzene rings is 2. The molecule has 0 radical (unpaired) electrons. The van der Waals surface area contributed by atoms with Crippen molar-refractivity contribution in [3.63, 3.8) is 0 Å². The summed E-state index contributed by atoms with van der Waals surface area (Å²) in [6.07, 6.45) is 3.75. The fraction of sp³-hybridized carbons (Fsp3) is 0.375. The number of fused-ring (bicyclic) bond motifs is 1. The maximum atomic E-state index is 14.3. The largest absolute Gasteiger partial charge is 0.347 e. The van der Waals surface area contributed by atoms with Crippen molar-refractivity contribution in [1.29, 1.82) is 0 Å². The molecule has 4 rings (SSSR count). The van der Waals surface area contributed by atoms with E-state index in [1.165, 1.54) is 6.07 Å². The molecule has 1 saturated carbocycles. The first-order valence-corrected chi connectivity index (χ1v) is 10.8. The Hall–Kier alpha value is -3.29. The van der Waals surface area contributed by atoms with Gasteiger partial charge in [0.05, 0.1) is 16.9 Å². The third-order valence-corrected chi connectivity index (χ3v) is 6.36. The lowest BCUT2D eigenvalue weighted by Crippen LogP contribution is -2.57. The quantitative estimate of drug-likeness (QED) is 0.603. The molecule has 1 atom stereocenters. The van der Waals surface area contributed by atoms with Crippen molar-refractivity contribution in [2.75, 3.05) is 0 Å². The lowest BCUT2D eigenvalue weighted by atomic mass is 9.87. The smallest absolute Gasteiger partial charge is 0.329 e. The lowest BCUT2D eigenvalue weighted by molar-refractivity contribution is -0.131. The Kier molecular flexibility index (Phi) is 5.95. The fourth-order valence-electron chi connectivity index (χ4n) is 4.68. The molecule has 32 heavy (non-hydrogen) atoms. The summed E-state index contributed by atoms with van der Waals surface area (Å²) in [6, 6.07) is 9.06. The first kappa shape index (κ1) is 21.9. The summed E-state index contributed by atoms with van der Waals surface area (Å²) in [4.78, 5) is 42.8. The lowest BCUT2D eigenvalue weighted by Gasteiger charge is -2.34. The van der Waals surface area contributed by atoms with Gasteiger partial charge in [-0.2, -0.15) is 0 Å². The molecule has 1 amide bonds. The fourth-order valence-corrected chi connectivity index (χ4v) is 4.68. The Bertz CT molecular complexity index is 1270. The third-order valence-electron chi connectivity index (χ3n) is 6.36. The molecule has 0 bridgehead atoms. The normalized spacial score (nSPS) is 17.0. The summed E-state index contributed by atoms with van der Waals surface area (Å²) < 4.78 is 28.6. The molecular formula is C24H25F2N3O3. The molecule has 8 heteroatoms. The molecule has 168 valence electrons. The predicted octanol–water partition coefficient (Wildman–Crippen LogP) is 3.89. The van der Waals surface area contributed by atoms with Crippen LogP contribution in [0.3, 0.4) is 0 Å². The van der Waals surface area contributed by atoms with Crippen molar-refractivity contribution in [3.05, 3.63) is 80.5 Å². The van der Waals surface area contributed by atoms with Gasteiger partial charge in [-0.05, 0) is 38.0 Å². The molecule has 6 nitrogen and oxygen atoms in total. The van der Waals surface area contributed by atoms with Crippen molar-refractivity contribution >= 4 is 16.8 Å². The molecule has 1 aliphatic carbocycles. The van der Waals surface area contributed by atoms with Crippen LogP contribution in [-0.2, 0) is 10.3 Å². The van der Waals surface area contributed by atoms with Crippen molar-refractivity contribution < 1.29 is 13.6 Å². The van der Waals surface area contributed by atoms with Gasteiger partial charge in [0.2, 0.25) is 5.91 Å². The van der Waals surface area contributed by atoms with E-state index in [-0.39, 0.29) is 5.56 Å². The maximum absolute atomic E-state index is 14.3. The van der Waals surface area contributed by atoms with Gasteiger partial charge in [-0.15, -0.1) is 0 Å². The maximum Gasteiger partial charge on any atom is 0.329 e. The Morgan fingerprint density at radius 3 is 2.44 bits per heavy atom. The van der Waals surface area contributed by atoms with Crippen LogP contribution in [0.1, 0.15) is 57.1 Å². The molecule has 1 fully saturated rings. The van der Waals surface area contributed by atoms with Gasteiger partial charge in [0.1, 0.15) is 17.2 Å². The van der Waals surface area contributed by atoms with E-state index in [1.54, 1.807) is 31.2 Å². The summed E-state index contributed by atoms with van der Waals surface area (Å²) in [7, 11) is 0.